The van der Waals surface area contributed by atoms with Crippen LogP contribution in [0.15, 0.2) is 48.9 Å². The van der Waals surface area contributed by atoms with Crippen LogP contribution in [0.25, 0.3) is 33.6 Å². The molecule has 2 amide bonds. The first-order chi connectivity index (χ1) is 23.4. The van der Waals surface area contributed by atoms with Crippen molar-refractivity contribution in [2.75, 3.05) is 26.7 Å². The summed E-state index contributed by atoms with van der Waals surface area (Å²) in [6.45, 7) is 2.37. The van der Waals surface area contributed by atoms with Crippen LogP contribution in [0.2, 0.25) is 0 Å². The Morgan fingerprint density at radius 1 is 1.02 bits per heavy atom. The summed E-state index contributed by atoms with van der Waals surface area (Å²) in [6, 6.07) is 11.7. The summed E-state index contributed by atoms with van der Waals surface area (Å²) in [5.74, 6) is 2.00. The van der Waals surface area contributed by atoms with E-state index < -0.39 is 0 Å². The molecule has 0 spiro atoms. The number of piperidine rings is 1. The third-order valence-corrected chi connectivity index (χ3v) is 10.7. The number of nitrogens with two attached hydrogens (primary N) is 1. The second-order valence-corrected chi connectivity index (χ2v) is 13.6. The third-order valence-electron chi connectivity index (χ3n) is 10.7. The van der Waals surface area contributed by atoms with Crippen LogP contribution in [-0.2, 0) is 6.54 Å². The van der Waals surface area contributed by atoms with Gasteiger partial charge >= 0.3 is 0 Å². The van der Waals surface area contributed by atoms with Gasteiger partial charge in [0.05, 0.1) is 29.9 Å². The molecule has 4 aliphatic rings. The van der Waals surface area contributed by atoms with Gasteiger partial charge < -0.3 is 29.4 Å². The summed E-state index contributed by atoms with van der Waals surface area (Å²) in [4.78, 5) is 48.9. The van der Waals surface area contributed by atoms with Gasteiger partial charge in [-0.05, 0) is 67.9 Å². The van der Waals surface area contributed by atoms with E-state index in [1.165, 1.54) is 25.2 Å². The number of carbonyl (C=O) groups is 2. The zero-order valence-electron chi connectivity index (χ0n) is 26.5. The van der Waals surface area contributed by atoms with Crippen LogP contribution in [-0.4, -0.2) is 89.5 Å². The van der Waals surface area contributed by atoms with Crippen LogP contribution in [0.5, 0.6) is 5.75 Å². The Morgan fingerprint density at radius 3 is 2.52 bits per heavy atom. The number of likely N-dealkylation sites (tertiary alicyclic amines) is 2. The predicted octanol–water partition coefficient (Wildman–Crippen LogP) is 3.39. The van der Waals surface area contributed by atoms with Crippen LogP contribution in [0.3, 0.4) is 0 Å². The van der Waals surface area contributed by atoms with Gasteiger partial charge in [0.25, 0.3) is 11.8 Å². The van der Waals surface area contributed by atoms with Gasteiger partial charge in [-0.2, -0.15) is 5.26 Å². The van der Waals surface area contributed by atoms with Crippen molar-refractivity contribution in [3.8, 4) is 23.3 Å². The Balaban J connectivity index is 1.15. The molecule has 3 atom stereocenters. The quantitative estimate of drug-likeness (QED) is 0.281. The van der Waals surface area contributed by atoms with E-state index in [4.69, 9.17) is 25.7 Å². The van der Waals surface area contributed by atoms with Crippen LogP contribution in [0, 0.1) is 23.2 Å². The lowest BCUT2D eigenvalue weighted by Gasteiger charge is -2.41. The van der Waals surface area contributed by atoms with Gasteiger partial charge in [0.2, 0.25) is 5.82 Å². The SMILES string of the molecule is COc1cc(C(=O)N2C[C@H]3CC[C@@H]2[C@@H]3N)cc2nc(-c3cc4cccnc4n3CC3CC3)n(C3CN(C(=O)c4cnc(C#N)nc4)C3)c12. The molecule has 2 aliphatic carbocycles. The molecule has 4 fully saturated rings. The minimum atomic E-state index is -0.202. The smallest absolute Gasteiger partial charge is 0.257 e. The maximum atomic E-state index is 13.9. The van der Waals surface area contributed by atoms with Crippen molar-refractivity contribution in [1.82, 2.24) is 38.9 Å². The van der Waals surface area contributed by atoms with Crippen molar-refractivity contribution in [3.05, 3.63) is 65.9 Å². The Morgan fingerprint density at radius 2 is 1.83 bits per heavy atom. The molecule has 0 radical (unpaired) electrons. The van der Waals surface area contributed by atoms with Crippen molar-refractivity contribution in [2.24, 2.45) is 17.6 Å². The van der Waals surface area contributed by atoms with Gasteiger partial charge in [-0.1, -0.05) is 0 Å². The fourth-order valence-electron chi connectivity index (χ4n) is 7.94. The first-order valence-electron chi connectivity index (χ1n) is 16.5. The summed E-state index contributed by atoms with van der Waals surface area (Å²) in [5, 5.41) is 10.1. The Kier molecular flexibility index (Phi) is 6.52. The van der Waals surface area contributed by atoms with E-state index in [0.29, 0.717) is 53.9 Å². The number of carbonyl (C=O) groups excluding carboxylic acids is 2. The lowest BCUT2D eigenvalue weighted by atomic mass is 10.1. The van der Waals surface area contributed by atoms with Crippen molar-refractivity contribution in [2.45, 2.75) is 50.4 Å². The van der Waals surface area contributed by atoms with E-state index >= 15 is 0 Å². The van der Waals surface area contributed by atoms with E-state index in [2.05, 4.69) is 31.2 Å². The van der Waals surface area contributed by atoms with Gasteiger partial charge in [0.15, 0.2) is 5.82 Å². The topological polar surface area (TPSA) is 161 Å². The number of pyridine rings is 1. The van der Waals surface area contributed by atoms with E-state index in [9.17, 15) is 9.59 Å². The molecule has 2 N–H and O–H groups in total. The molecule has 13 nitrogen and oxygen atoms in total. The van der Waals surface area contributed by atoms with Gasteiger partial charge in [0.1, 0.15) is 23.0 Å². The first-order valence-corrected chi connectivity index (χ1v) is 16.5. The second-order valence-electron chi connectivity index (χ2n) is 13.6. The largest absolute Gasteiger partial charge is 0.494 e. The molecular formula is C35H34N10O3. The van der Waals surface area contributed by atoms with E-state index in [0.717, 1.165) is 47.5 Å². The molecule has 242 valence electrons. The highest BCUT2D eigenvalue weighted by molar-refractivity contribution is 6.01. The van der Waals surface area contributed by atoms with Crippen molar-refractivity contribution in [3.63, 3.8) is 0 Å². The average molecular weight is 643 g/mol. The summed E-state index contributed by atoms with van der Waals surface area (Å²) in [6.07, 6.45) is 8.96. The number of hydrogen-bond acceptors (Lipinski definition) is 9. The number of imidazole rings is 1. The fourth-order valence-corrected chi connectivity index (χ4v) is 7.94. The van der Waals surface area contributed by atoms with Crippen molar-refractivity contribution >= 4 is 33.9 Å². The molecule has 13 heteroatoms. The Bertz CT molecular complexity index is 2160. The number of nitrogens with zero attached hydrogens (tertiary/aromatic N) is 9. The normalized spacial score (nSPS) is 22.0. The lowest BCUT2D eigenvalue weighted by Crippen LogP contribution is -2.51. The lowest BCUT2D eigenvalue weighted by molar-refractivity contribution is 0.0526. The van der Waals surface area contributed by atoms with E-state index in [-0.39, 0.29) is 35.8 Å². The molecule has 2 aliphatic heterocycles. The number of aromatic nitrogens is 6. The molecule has 6 heterocycles. The molecule has 9 rings (SSSR count). The van der Waals surface area contributed by atoms with Crippen molar-refractivity contribution in [1.29, 1.82) is 5.26 Å². The maximum absolute atomic E-state index is 13.9. The van der Waals surface area contributed by atoms with Crippen molar-refractivity contribution < 1.29 is 14.3 Å². The number of fused-ring (bicyclic) bond motifs is 4. The minimum absolute atomic E-state index is 0.0173. The molecule has 2 saturated carbocycles. The summed E-state index contributed by atoms with van der Waals surface area (Å²) in [7, 11) is 1.61. The molecule has 1 aromatic carbocycles. The third kappa shape index (κ3) is 4.46. The zero-order chi connectivity index (χ0) is 32.7. The molecule has 2 saturated heterocycles. The van der Waals surface area contributed by atoms with E-state index in [1.807, 2.05) is 35.4 Å². The van der Waals surface area contributed by atoms with Crippen LogP contribution in [0.1, 0.15) is 58.3 Å². The monoisotopic (exact) mass is 642 g/mol. The van der Waals surface area contributed by atoms with Gasteiger partial charge in [-0.25, -0.2) is 19.9 Å². The van der Waals surface area contributed by atoms with Gasteiger partial charge in [0, 0.05) is 67.8 Å². The average Bonchev–Trinajstić information content (AvgIpc) is 3.44. The molecule has 5 aromatic rings. The maximum Gasteiger partial charge on any atom is 0.257 e. The summed E-state index contributed by atoms with van der Waals surface area (Å²) in [5.41, 5.74) is 10.6. The highest BCUT2D eigenvalue weighted by atomic mass is 16.5. The Labute approximate surface area is 275 Å². The number of ether oxygens (including phenoxy) is 1. The highest BCUT2D eigenvalue weighted by Gasteiger charge is 2.47. The standard InChI is InChI=1S/C35H34N10O3/c1-48-28-11-22(35(47)44-16-21-6-7-26(44)30(21)37)9-25-31(28)45(24-17-42(18-24)34(46)23-13-39-29(12-36)40-14-23)33(41-25)27-10-20-3-2-8-38-32(20)43(27)15-19-4-5-19/h2-3,8-11,13-14,19,21,24,26,30H,4-7,15-18,37H2,1H3/t21-,26-,30-/m1/s1. The summed E-state index contributed by atoms with van der Waals surface area (Å²) >= 11 is 0. The number of hydrogen-bond donors (Lipinski definition) is 1. The fraction of sp³-hybridized carbons (Fsp3) is 0.400. The van der Waals surface area contributed by atoms with Crippen LogP contribution in [0.4, 0.5) is 0 Å². The number of benzene rings is 1. The second kappa shape index (κ2) is 10.8. The minimum Gasteiger partial charge on any atom is -0.494 e. The van der Waals surface area contributed by atoms with Crippen LogP contribution < -0.4 is 10.5 Å². The molecule has 0 unspecified atom stereocenters. The Hall–Kier alpha value is -5.35. The zero-order valence-corrected chi connectivity index (χ0v) is 26.5. The predicted molar refractivity (Wildman–Crippen MR) is 175 cm³/mol. The van der Waals surface area contributed by atoms with Gasteiger partial charge in [-0.15, -0.1) is 0 Å². The number of methoxy groups -OCH3 is 1. The molecule has 2 bridgehead atoms. The molecule has 4 aromatic heterocycles. The molecule has 48 heavy (non-hydrogen) atoms. The van der Waals surface area contributed by atoms with Crippen LogP contribution >= 0.6 is 0 Å². The van der Waals surface area contributed by atoms with E-state index in [1.54, 1.807) is 12.0 Å². The number of rotatable bonds is 7. The number of nitriles is 1. The number of amides is 2. The highest BCUT2D eigenvalue weighted by Crippen LogP contribution is 2.42. The van der Waals surface area contributed by atoms with Gasteiger partial charge in [-0.3, -0.25) is 9.59 Å². The summed E-state index contributed by atoms with van der Waals surface area (Å²) < 4.78 is 10.4. The molecular weight excluding hydrogens is 608 g/mol. The first kappa shape index (κ1) is 28.8.